The molecule has 0 aromatic rings. The number of likely N-dealkylation sites (tertiary alicyclic amines) is 1. The molecule has 6 rings (SSSR count). The predicted octanol–water partition coefficient (Wildman–Crippen LogP) is 4.16. The number of nitrogens with zero attached hydrogens (tertiary/aromatic N) is 1. The number of sulfone groups is 1. The minimum absolute atomic E-state index is 0.0181. The average molecular weight is 746 g/mol. The molecule has 5 atom stereocenters. The maximum atomic E-state index is 14.8. The summed E-state index contributed by atoms with van der Waals surface area (Å²) in [6.45, 7) is 9.61. The zero-order chi connectivity index (χ0) is 37.6. The van der Waals surface area contributed by atoms with Gasteiger partial charge >= 0.3 is 6.03 Å². The summed E-state index contributed by atoms with van der Waals surface area (Å²) in [5, 5.41) is 11.8. The zero-order valence-electron chi connectivity index (χ0n) is 32.1. The van der Waals surface area contributed by atoms with Crippen molar-refractivity contribution < 1.29 is 32.4 Å². The van der Waals surface area contributed by atoms with Crippen molar-refractivity contribution in [2.75, 3.05) is 12.3 Å². The van der Waals surface area contributed by atoms with E-state index in [9.17, 15) is 32.4 Å². The van der Waals surface area contributed by atoms with Gasteiger partial charge in [-0.1, -0.05) is 65.2 Å². The molecule has 5 saturated carbocycles. The van der Waals surface area contributed by atoms with Gasteiger partial charge in [0.15, 0.2) is 9.84 Å². The summed E-state index contributed by atoms with van der Waals surface area (Å²) in [6.07, 6.45) is 13.1. The molecule has 1 aliphatic heterocycles. The first kappa shape index (κ1) is 39.0. The molecule has 6 fully saturated rings. The van der Waals surface area contributed by atoms with E-state index in [-0.39, 0.29) is 40.9 Å². The van der Waals surface area contributed by atoms with Crippen molar-refractivity contribution in [2.45, 2.75) is 172 Å². The van der Waals surface area contributed by atoms with E-state index in [0.717, 1.165) is 83.5 Å². The fourth-order valence-corrected chi connectivity index (χ4v) is 10.9. The van der Waals surface area contributed by atoms with Crippen LogP contribution in [0.1, 0.15) is 137 Å². The van der Waals surface area contributed by atoms with Crippen molar-refractivity contribution >= 4 is 39.4 Å². The summed E-state index contributed by atoms with van der Waals surface area (Å²) in [5.41, 5.74) is -1.10. The lowest BCUT2D eigenvalue weighted by Gasteiger charge is -2.41. The summed E-state index contributed by atoms with van der Waals surface area (Å²) in [5.74, 6) is -1.81. The number of hydrogen-bond donors (Lipinski definition) is 4. The number of nitrogens with one attached hydrogen (secondary N) is 4. The second-order valence-electron chi connectivity index (χ2n) is 18.8. The highest BCUT2D eigenvalue weighted by Crippen LogP contribution is 2.65. The van der Waals surface area contributed by atoms with Crippen LogP contribution >= 0.6 is 0 Å². The van der Waals surface area contributed by atoms with Crippen molar-refractivity contribution in [3.8, 4) is 0 Å². The lowest BCUT2D eigenvalue weighted by Crippen LogP contribution is -2.63. The number of carbonyl (C=O) groups excluding carboxylic acids is 5. The van der Waals surface area contributed by atoms with Gasteiger partial charge in [-0.2, -0.15) is 0 Å². The highest BCUT2D eigenvalue weighted by molar-refractivity contribution is 7.92. The van der Waals surface area contributed by atoms with Crippen LogP contribution in [0, 0.1) is 29.1 Å². The van der Waals surface area contributed by atoms with Crippen molar-refractivity contribution in [1.29, 1.82) is 0 Å². The Balaban J connectivity index is 1.21. The minimum Gasteiger partial charge on any atom is -0.347 e. The summed E-state index contributed by atoms with van der Waals surface area (Å²) in [6, 6.07) is -3.20. The van der Waals surface area contributed by atoms with Gasteiger partial charge in [-0.05, 0) is 101 Å². The highest BCUT2D eigenvalue weighted by atomic mass is 32.2. The smallest absolute Gasteiger partial charge is 0.315 e. The maximum absolute atomic E-state index is 14.8. The van der Waals surface area contributed by atoms with Crippen LogP contribution in [-0.2, 0) is 29.0 Å². The summed E-state index contributed by atoms with van der Waals surface area (Å²) < 4.78 is 25.9. The van der Waals surface area contributed by atoms with Gasteiger partial charge in [-0.3, -0.25) is 19.2 Å². The molecular formula is C39H63N5O7S. The lowest BCUT2D eigenvalue weighted by molar-refractivity contribution is -0.145. The molecule has 12 nitrogen and oxygen atoms in total. The first-order valence-electron chi connectivity index (χ1n) is 20.2. The topological polar surface area (TPSA) is 171 Å². The second-order valence-corrected chi connectivity index (χ2v) is 21.5. The molecule has 4 N–H and O–H groups in total. The molecule has 13 heteroatoms. The maximum Gasteiger partial charge on any atom is 0.315 e. The van der Waals surface area contributed by atoms with Gasteiger partial charge in [0.05, 0.1) is 22.1 Å². The molecule has 5 amide bonds. The first-order chi connectivity index (χ1) is 24.4. The molecule has 0 radical (unpaired) electrons. The first-order valence-corrected chi connectivity index (χ1v) is 21.8. The van der Waals surface area contributed by atoms with Gasteiger partial charge in [0, 0.05) is 12.6 Å². The normalized spacial score (nSPS) is 28.2. The number of amides is 5. The molecule has 292 valence electrons. The Morgan fingerprint density at radius 3 is 2.08 bits per heavy atom. The van der Waals surface area contributed by atoms with E-state index in [4.69, 9.17) is 0 Å². The third-order valence-corrected chi connectivity index (χ3v) is 16.2. The number of hydrogen-bond acceptors (Lipinski definition) is 7. The van der Waals surface area contributed by atoms with Gasteiger partial charge < -0.3 is 26.2 Å². The molecule has 1 heterocycles. The van der Waals surface area contributed by atoms with Gasteiger partial charge in [0.25, 0.3) is 5.91 Å². The zero-order valence-corrected chi connectivity index (χ0v) is 32.9. The summed E-state index contributed by atoms with van der Waals surface area (Å²) in [7, 11) is -3.55. The van der Waals surface area contributed by atoms with Crippen LogP contribution < -0.4 is 21.3 Å². The fourth-order valence-electron chi connectivity index (χ4n) is 9.35. The Labute approximate surface area is 310 Å². The highest BCUT2D eigenvalue weighted by Gasteiger charge is 2.70. The molecule has 0 unspecified atom stereocenters. The molecule has 6 aliphatic rings. The number of urea groups is 1. The van der Waals surface area contributed by atoms with Crippen LogP contribution in [0.5, 0.6) is 0 Å². The summed E-state index contributed by atoms with van der Waals surface area (Å²) in [4.78, 5) is 70.9. The van der Waals surface area contributed by atoms with Crippen LogP contribution in [0.2, 0.25) is 0 Å². The van der Waals surface area contributed by atoms with Crippen LogP contribution in [0.15, 0.2) is 0 Å². The third-order valence-electron chi connectivity index (χ3n) is 13.4. The molecule has 0 aromatic heterocycles. The van der Waals surface area contributed by atoms with E-state index in [0.29, 0.717) is 31.7 Å². The van der Waals surface area contributed by atoms with Gasteiger partial charge in [0.1, 0.15) is 12.1 Å². The molecular weight excluding hydrogens is 683 g/mol. The Hall–Kier alpha value is -2.70. The average Bonchev–Trinajstić information content (AvgIpc) is 4.04. The number of Topliss-reactive ketones (excluding diaryl/α,β-unsaturated/α-hetero) is 1. The monoisotopic (exact) mass is 745 g/mol. The van der Waals surface area contributed by atoms with Gasteiger partial charge in [0.2, 0.25) is 17.6 Å². The van der Waals surface area contributed by atoms with Gasteiger partial charge in [-0.25, -0.2) is 13.2 Å². The lowest BCUT2D eigenvalue weighted by atomic mass is 9.82. The summed E-state index contributed by atoms with van der Waals surface area (Å²) >= 11 is 0. The Kier molecular flexibility index (Phi) is 11.1. The number of carbonyl (C=O) groups is 5. The standard InChI is InChI=1S/C39H63N5O7S/c1-37(2,3)52(50,51)23-39(20-10-7-11-21-39)43-36(49)42-30(25-12-8-6-9-13-25)35(48)44-22-27-29(38(27,4)5)31(44)33(46)41-28(19-16-24-14-15-24)32(45)34(47)40-26-17-18-26/h24-31H,6-23H2,1-5H3,(H,40,47)(H,41,46)(H2,42,43,49)/t27-,28-,29-,30-,31-/m0/s1. The fraction of sp³-hybridized carbons (Fsp3) is 0.872. The Morgan fingerprint density at radius 2 is 1.48 bits per heavy atom. The molecule has 0 aromatic carbocycles. The van der Waals surface area contributed by atoms with E-state index in [1.165, 1.54) is 0 Å². The quantitative estimate of drug-likeness (QED) is 0.194. The van der Waals surface area contributed by atoms with E-state index in [2.05, 4.69) is 35.1 Å². The Morgan fingerprint density at radius 1 is 0.846 bits per heavy atom. The van der Waals surface area contributed by atoms with Crippen molar-refractivity contribution in [1.82, 2.24) is 26.2 Å². The molecule has 5 aliphatic carbocycles. The van der Waals surface area contributed by atoms with E-state index >= 15 is 0 Å². The second kappa shape index (κ2) is 14.9. The van der Waals surface area contributed by atoms with Crippen molar-refractivity contribution in [3.63, 3.8) is 0 Å². The molecule has 1 saturated heterocycles. The SMILES string of the molecule is CC1(C)[C@@H]2[C@@H](C(=O)N[C@@H](CCC3CC3)C(=O)C(=O)NC3CC3)N(C(=O)[C@@H](NC(=O)NC3(CS(=O)(=O)C(C)(C)C)CCCCC3)C3CCCCC3)C[C@@H]21. The Bertz CT molecular complexity index is 1500. The number of ketones is 1. The number of fused-ring (bicyclic) bond motifs is 1. The van der Waals surface area contributed by atoms with Crippen molar-refractivity contribution in [2.24, 2.45) is 29.1 Å². The van der Waals surface area contributed by atoms with E-state index < -0.39 is 61.9 Å². The van der Waals surface area contributed by atoms with E-state index in [1.807, 2.05) is 0 Å². The van der Waals surface area contributed by atoms with Crippen LogP contribution in [0.3, 0.4) is 0 Å². The van der Waals surface area contributed by atoms with Crippen LogP contribution in [0.25, 0.3) is 0 Å². The number of piperidine rings is 1. The predicted molar refractivity (Wildman–Crippen MR) is 198 cm³/mol. The molecule has 0 spiro atoms. The van der Waals surface area contributed by atoms with E-state index in [1.54, 1.807) is 25.7 Å². The van der Waals surface area contributed by atoms with Crippen molar-refractivity contribution in [3.05, 3.63) is 0 Å². The largest absolute Gasteiger partial charge is 0.347 e. The van der Waals surface area contributed by atoms with Crippen LogP contribution in [0.4, 0.5) is 4.79 Å². The van der Waals surface area contributed by atoms with Gasteiger partial charge in [-0.15, -0.1) is 0 Å². The minimum atomic E-state index is -3.55. The number of rotatable bonds is 14. The molecule has 0 bridgehead atoms. The van der Waals surface area contributed by atoms with Crippen LogP contribution in [-0.4, -0.2) is 89.6 Å². The molecule has 52 heavy (non-hydrogen) atoms. The third kappa shape index (κ3) is 8.65.